The van der Waals surface area contributed by atoms with Gasteiger partial charge in [0.25, 0.3) is 0 Å². The van der Waals surface area contributed by atoms with Crippen molar-refractivity contribution in [3.8, 4) is 0 Å². The number of carbonyl (C=O) groups excluding carboxylic acids is 1. The van der Waals surface area contributed by atoms with Crippen LogP contribution < -0.4 is 0 Å². The van der Waals surface area contributed by atoms with Gasteiger partial charge in [0.1, 0.15) is 25.9 Å². The largest absolute Gasteiger partial charge is 0.562 e. The van der Waals surface area contributed by atoms with Crippen molar-refractivity contribution in [1.82, 2.24) is 0 Å². The Bertz CT molecular complexity index is 434. The number of hydrogen-bond donors (Lipinski definition) is 0. The predicted molar refractivity (Wildman–Crippen MR) is 86.7 cm³/mol. The first-order chi connectivity index (χ1) is 10.1. The molecule has 0 saturated heterocycles. The molecule has 0 aromatic heterocycles. The Balaban J connectivity index is 2.61. The molecular weight excluding hydrogens is 282 g/mol. The van der Waals surface area contributed by atoms with Gasteiger partial charge >= 0.3 is 19.2 Å². The molecule has 5 nitrogen and oxygen atoms in total. The highest BCUT2D eigenvalue weighted by atomic mass is 16.7. The molecular formula is C15H26B2O5. The molecule has 0 unspecified atom stereocenters. The third-order valence-electron chi connectivity index (χ3n) is 4.44. The quantitative estimate of drug-likeness (QED) is 0.534. The number of carbonyl (C=O) groups is 1. The fourth-order valence-electron chi connectivity index (χ4n) is 1.63. The minimum Gasteiger partial charge on any atom is -0.562 e. The van der Waals surface area contributed by atoms with E-state index in [0.29, 0.717) is 5.76 Å². The summed E-state index contributed by atoms with van der Waals surface area (Å²) >= 11 is 0. The molecule has 1 aliphatic heterocycles. The minimum absolute atomic E-state index is 0.0244. The lowest BCUT2D eigenvalue weighted by Crippen LogP contribution is -2.44. The molecule has 0 bridgehead atoms. The zero-order chi connectivity index (χ0) is 17.0. The number of esters is 1. The van der Waals surface area contributed by atoms with Crippen LogP contribution >= 0.6 is 0 Å². The van der Waals surface area contributed by atoms with E-state index in [1.54, 1.807) is 14.4 Å². The van der Waals surface area contributed by atoms with Gasteiger partial charge in [-0.05, 0) is 12.2 Å². The van der Waals surface area contributed by atoms with Crippen LogP contribution in [0.2, 0.25) is 17.5 Å². The molecule has 1 heterocycles. The van der Waals surface area contributed by atoms with Crippen LogP contribution in [0.5, 0.6) is 0 Å². The van der Waals surface area contributed by atoms with Crippen molar-refractivity contribution in [2.75, 3.05) is 13.2 Å². The van der Waals surface area contributed by atoms with E-state index < -0.39 is 11.8 Å². The van der Waals surface area contributed by atoms with Gasteiger partial charge in [0, 0.05) is 6.92 Å². The van der Waals surface area contributed by atoms with Gasteiger partial charge in [-0.25, -0.2) is 4.79 Å². The van der Waals surface area contributed by atoms with Crippen molar-refractivity contribution >= 4 is 20.7 Å². The molecule has 0 aromatic carbocycles. The first-order valence-corrected chi connectivity index (χ1v) is 7.57. The summed E-state index contributed by atoms with van der Waals surface area (Å²) in [4.78, 5) is 11.8. The Kier molecular flexibility index (Phi) is 6.02. The van der Waals surface area contributed by atoms with E-state index in [2.05, 4.69) is 35.0 Å². The normalized spacial score (nSPS) is 22.2. The first-order valence-electron chi connectivity index (χ1n) is 7.57. The van der Waals surface area contributed by atoms with Crippen LogP contribution in [0.4, 0.5) is 0 Å². The first kappa shape index (κ1) is 18.9. The Morgan fingerprint density at radius 2 is 2.00 bits per heavy atom. The molecule has 0 aliphatic carbocycles. The van der Waals surface area contributed by atoms with E-state index in [-0.39, 0.29) is 23.8 Å². The highest BCUT2D eigenvalue weighted by Gasteiger charge is 2.42. The van der Waals surface area contributed by atoms with Crippen molar-refractivity contribution in [2.45, 2.75) is 64.8 Å². The summed E-state index contributed by atoms with van der Waals surface area (Å²) in [5.74, 6) is -1.44. The Morgan fingerprint density at radius 3 is 2.45 bits per heavy atom. The molecule has 2 radical (unpaired) electrons. The molecule has 0 amide bonds. The molecule has 0 fully saturated rings. The van der Waals surface area contributed by atoms with Gasteiger partial charge < -0.3 is 18.9 Å². The zero-order valence-corrected chi connectivity index (χ0v) is 14.7. The molecule has 0 spiro atoms. The van der Waals surface area contributed by atoms with Gasteiger partial charge in [0.2, 0.25) is 0 Å². The molecule has 22 heavy (non-hydrogen) atoms. The SMILES string of the molecule is C[B]C(C)(C)C(C)(C)[B]OC1=CO[C@](C)(C(=O)OCC)OC1. The molecule has 0 aromatic rings. The van der Waals surface area contributed by atoms with E-state index in [4.69, 9.17) is 18.9 Å². The molecule has 0 N–H and O–H groups in total. The van der Waals surface area contributed by atoms with Crippen molar-refractivity contribution in [1.29, 1.82) is 0 Å². The van der Waals surface area contributed by atoms with Crippen LogP contribution in [0.1, 0.15) is 41.5 Å². The molecule has 0 saturated carbocycles. The van der Waals surface area contributed by atoms with Gasteiger partial charge in [0.15, 0.2) is 0 Å². The van der Waals surface area contributed by atoms with Crippen LogP contribution in [-0.2, 0) is 23.7 Å². The van der Waals surface area contributed by atoms with Crippen LogP contribution in [-0.4, -0.2) is 39.7 Å². The fourth-order valence-corrected chi connectivity index (χ4v) is 1.63. The van der Waals surface area contributed by atoms with Crippen LogP contribution in [0, 0.1) is 0 Å². The van der Waals surface area contributed by atoms with E-state index in [9.17, 15) is 4.79 Å². The second-order valence-corrected chi connectivity index (χ2v) is 6.62. The van der Waals surface area contributed by atoms with Crippen LogP contribution in [0.3, 0.4) is 0 Å². The van der Waals surface area contributed by atoms with Crippen molar-refractivity contribution < 1.29 is 23.7 Å². The zero-order valence-electron chi connectivity index (χ0n) is 14.7. The molecule has 7 heteroatoms. The molecule has 1 aliphatic rings. The van der Waals surface area contributed by atoms with Gasteiger partial charge in [-0.1, -0.05) is 39.8 Å². The van der Waals surface area contributed by atoms with E-state index in [1.807, 2.05) is 6.82 Å². The smallest absolute Gasteiger partial charge is 0.379 e. The highest BCUT2D eigenvalue weighted by Crippen LogP contribution is 2.49. The minimum atomic E-state index is -1.41. The second kappa shape index (κ2) is 6.99. The average molecular weight is 308 g/mol. The third-order valence-corrected chi connectivity index (χ3v) is 4.44. The lowest BCUT2D eigenvalue weighted by atomic mass is 9.38. The Labute approximate surface area is 135 Å². The monoisotopic (exact) mass is 308 g/mol. The molecule has 1 atom stereocenters. The summed E-state index contributed by atoms with van der Waals surface area (Å²) in [5, 5.41) is -0.201. The maximum atomic E-state index is 11.8. The summed E-state index contributed by atoms with van der Waals surface area (Å²) in [6, 6.07) is 0. The summed E-state index contributed by atoms with van der Waals surface area (Å²) in [6.07, 6.45) is 1.41. The standard InChI is InChI=1S/C15H26B2O5/c1-8-19-12(18)15(6)20-9-11(10-21-15)22-17-14(4,5)13(2,3)16-7/h9H,8,10H2,1-7H3/t15-/m0/s1. The summed E-state index contributed by atoms with van der Waals surface area (Å²) in [6.45, 7) is 14.2. The molecule has 1 rings (SSSR count). The van der Waals surface area contributed by atoms with Crippen LogP contribution in [0.15, 0.2) is 12.0 Å². The predicted octanol–water partition coefficient (Wildman–Crippen LogP) is 2.94. The Hall–Kier alpha value is -1.10. The fraction of sp³-hybridized carbons (Fsp3) is 0.800. The van der Waals surface area contributed by atoms with Crippen molar-refractivity contribution in [2.24, 2.45) is 0 Å². The summed E-state index contributed by atoms with van der Waals surface area (Å²) in [7, 11) is 3.92. The van der Waals surface area contributed by atoms with Gasteiger partial charge in [-0.15, -0.1) is 0 Å². The van der Waals surface area contributed by atoms with E-state index >= 15 is 0 Å². The van der Waals surface area contributed by atoms with Gasteiger partial charge in [-0.3, -0.25) is 0 Å². The lowest BCUT2D eigenvalue weighted by Gasteiger charge is -2.40. The van der Waals surface area contributed by atoms with Crippen molar-refractivity contribution in [3.05, 3.63) is 12.0 Å². The highest BCUT2D eigenvalue weighted by molar-refractivity contribution is 6.44. The Morgan fingerprint density at radius 1 is 1.36 bits per heavy atom. The summed E-state index contributed by atoms with van der Waals surface area (Å²) in [5.41, 5.74) is 0. The van der Waals surface area contributed by atoms with E-state index in [1.165, 1.54) is 13.2 Å². The lowest BCUT2D eigenvalue weighted by molar-refractivity contribution is -0.230. The number of hydrogen-bond acceptors (Lipinski definition) is 5. The average Bonchev–Trinajstić information content (AvgIpc) is 2.46. The molecule has 122 valence electrons. The number of rotatable bonds is 7. The van der Waals surface area contributed by atoms with Gasteiger partial charge in [-0.2, -0.15) is 0 Å². The maximum absolute atomic E-state index is 11.8. The third kappa shape index (κ3) is 4.22. The van der Waals surface area contributed by atoms with E-state index in [0.717, 1.165) is 0 Å². The number of ether oxygens (including phenoxy) is 3. The maximum Gasteiger partial charge on any atom is 0.379 e. The topological polar surface area (TPSA) is 54.0 Å². The second-order valence-electron chi connectivity index (χ2n) is 6.62. The summed E-state index contributed by atoms with van der Waals surface area (Å²) < 4.78 is 21.4. The van der Waals surface area contributed by atoms with Crippen LogP contribution in [0.25, 0.3) is 0 Å². The van der Waals surface area contributed by atoms with Crippen molar-refractivity contribution in [3.63, 3.8) is 0 Å². The van der Waals surface area contributed by atoms with Gasteiger partial charge in [0.05, 0.1) is 6.61 Å².